The Bertz CT molecular complexity index is 504. The molecule has 6 heteroatoms. The van der Waals surface area contributed by atoms with Crippen molar-refractivity contribution in [2.45, 2.75) is 6.92 Å². The van der Waals surface area contributed by atoms with E-state index in [0.29, 0.717) is 25.4 Å². The highest BCUT2D eigenvalue weighted by Gasteiger charge is 2.23. The van der Waals surface area contributed by atoms with Gasteiger partial charge in [0, 0.05) is 23.8 Å². The molecule has 6 nitrogen and oxygen atoms in total. The molecule has 2 amide bonds. The summed E-state index contributed by atoms with van der Waals surface area (Å²) in [6.45, 7) is 3.40. The predicted octanol–water partition coefficient (Wildman–Crippen LogP) is 1.44. The van der Waals surface area contributed by atoms with Crippen molar-refractivity contribution in [2.24, 2.45) is 5.92 Å². The lowest BCUT2D eigenvalue weighted by Crippen LogP contribution is -2.28. The molecule has 1 unspecified atom stereocenters. The van der Waals surface area contributed by atoms with E-state index < -0.39 is 0 Å². The molecule has 1 aromatic rings. The zero-order valence-electron chi connectivity index (χ0n) is 11.7. The average molecular weight is 277 g/mol. The van der Waals surface area contributed by atoms with Crippen LogP contribution in [0.2, 0.25) is 0 Å². The van der Waals surface area contributed by atoms with Crippen LogP contribution < -0.4 is 15.5 Å². The number of nitrogens with one attached hydrogen (secondary N) is 2. The number of hydrogen-bond donors (Lipinski definition) is 2. The molecular formula is C14H19N3O3. The quantitative estimate of drug-likeness (QED) is 0.854. The number of hydrogen-bond acceptors (Lipinski definition) is 4. The zero-order chi connectivity index (χ0) is 14.5. The highest BCUT2D eigenvalue weighted by molar-refractivity contribution is 5.94. The number of rotatable bonds is 5. The summed E-state index contributed by atoms with van der Waals surface area (Å²) in [7, 11) is 1.81. The molecule has 1 aliphatic heterocycles. The van der Waals surface area contributed by atoms with Crippen LogP contribution in [0.5, 0.6) is 0 Å². The average Bonchev–Trinajstić information content (AvgIpc) is 2.85. The first-order chi connectivity index (χ1) is 9.61. The maximum atomic E-state index is 11.9. The van der Waals surface area contributed by atoms with Crippen LogP contribution in [-0.2, 0) is 9.53 Å². The van der Waals surface area contributed by atoms with Crippen LogP contribution in [0.4, 0.5) is 16.2 Å². The third kappa shape index (κ3) is 3.27. The van der Waals surface area contributed by atoms with Crippen molar-refractivity contribution in [3.05, 3.63) is 24.3 Å². The Morgan fingerprint density at radius 2 is 2.30 bits per heavy atom. The first kappa shape index (κ1) is 14.3. The van der Waals surface area contributed by atoms with Gasteiger partial charge in [-0.15, -0.1) is 0 Å². The van der Waals surface area contributed by atoms with Crippen molar-refractivity contribution in [1.29, 1.82) is 0 Å². The number of nitrogens with zero attached hydrogens (tertiary/aromatic N) is 1. The number of anilines is 2. The van der Waals surface area contributed by atoms with Crippen molar-refractivity contribution in [3.63, 3.8) is 0 Å². The summed E-state index contributed by atoms with van der Waals surface area (Å²) in [6, 6.07) is 7.20. The van der Waals surface area contributed by atoms with Gasteiger partial charge in [-0.3, -0.25) is 9.69 Å². The Balaban J connectivity index is 2.06. The smallest absolute Gasteiger partial charge is 0.414 e. The monoisotopic (exact) mass is 277 g/mol. The second kappa shape index (κ2) is 6.38. The Hall–Kier alpha value is -2.08. The fourth-order valence-corrected chi connectivity index (χ4v) is 2.04. The molecule has 2 N–H and O–H groups in total. The summed E-state index contributed by atoms with van der Waals surface area (Å²) in [4.78, 5) is 25.0. The van der Waals surface area contributed by atoms with Gasteiger partial charge in [-0.2, -0.15) is 0 Å². The molecule has 0 bridgehead atoms. The molecule has 1 saturated heterocycles. The van der Waals surface area contributed by atoms with E-state index in [9.17, 15) is 9.59 Å². The van der Waals surface area contributed by atoms with Crippen molar-refractivity contribution in [3.8, 4) is 0 Å². The molecular weight excluding hydrogens is 258 g/mol. The number of benzene rings is 1. The number of amides is 2. The van der Waals surface area contributed by atoms with Crippen LogP contribution in [0.25, 0.3) is 0 Å². The molecule has 1 aromatic carbocycles. The number of carbonyl (C=O) groups excluding carboxylic acids is 2. The highest BCUT2D eigenvalue weighted by atomic mass is 16.6. The van der Waals surface area contributed by atoms with Crippen molar-refractivity contribution in [1.82, 2.24) is 5.32 Å². The zero-order valence-corrected chi connectivity index (χ0v) is 11.7. The highest BCUT2D eigenvalue weighted by Crippen LogP contribution is 2.22. The summed E-state index contributed by atoms with van der Waals surface area (Å²) >= 11 is 0. The molecule has 20 heavy (non-hydrogen) atoms. The van der Waals surface area contributed by atoms with Crippen LogP contribution in [0.1, 0.15) is 6.92 Å². The standard InChI is InChI=1S/C14H19N3O3/c1-10(9-15-2)13(18)16-11-4-3-5-12(8-11)17-6-7-20-14(17)19/h3-5,8,10,15H,6-7,9H2,1-2H3,(H,16,18). The van der Waals surface area contributed by atoms with Gasteiger partial charge in [0.1, 0.15) is 6.61 Å². The molecule has 1 fully saturated rings. The molecule has 1 aliphatic rings. The second-order valence-corrected chi connectivity index (χ2v) is 4.76. The Labute approximate surface area is 118 Å². The van der Waals surface area contributed by atoms with Crippen LogP contribution in [0, 0.1) is 5.92 Å². The van der Waals surface area contributed by atoms with Gasteiger partial charge in [0.05, 0.1) is 6.54 Å². The SMILES string of the molecule is CNCC(C)C(=O)Nc1cccc(N2CCOC2=O)c1. The normalized spacial score (nSPS) is 15.9. The maximum Gasteiger partial charge on any atom is 0.414 e. The minimum Gasteiger partial charge on any atom is -0.447 e. The number of ether oxygens (including phenoxy) is 1. The van der Waals surface area contributed by atoms with Gasteiger partial charge >= 0.3 is 6.09 Å². The van der Waals surface area contributed by atoms with Gasteiger partial charge in [-0.1, -0.05) is 13.0 Å². The lowest BCUT2D eigenvalue weighted by atomic mass is 10.1. The van der Waals surface area contributed by atoms with E-state index in [4.69, 9.17) is 4.74 Å². The van der Waals surface area contributed by atoms with E-state index >= 15 is 0 Å². The van der Waals surface area contributed by atoms with Gasteiger partial charge in [-0.25, -0.2) is 4.79 Å². The predicted molar refractivity (Wildman–Crippen MR) is 76.9 cm³/mol. The van der Waals surface area contributed by atoms with Gasteiger partial charge in [-0.05, 0) is 25.2 Å². The third-order valence-electron chi connectivity index (χ3n) is 3.14. The van der Waals surface area contributed by atoms with E-state index in [1.807, 2.05) is 20.0 Å². The second-order valence-electron chi connectivity index (χ2n) is 4.76. The van der Waals surface area contributed by atoms with E-state index in [-0.39, 0.29) is 17.9 Å². The lowest BCUT2D eigenvalue weighted by Gasteiger charge is -2.15. The molecule has 1 heterocycles. The lowest BCUT2D eigenvalue weighted by molar-refractivity contribution is -0.119. The van der Waals surface area contributed by atoms with Crippen molar-refractivity contribution >= 4 is 23.4 Å². The van der Waals surface area contributed by atoms with E-state index in [1.165, 1.54) is 0 Å². The van der Waals surface area contributed by atoms with Gasteiger partial charge in [0.15, 0.2) is 0 Å². The molecule has 0 aromatic heterocycles. The fourth-order valence-electron chi connectivity index (χ4n) is 2.04. The molecule has 0 saturated carbocycles. The van der Waals surface area contributed by atoms with E-state index in [1.54, 1.807) is 23.1 Å². The largest absolute Gasteiger partial charge is 0.447 e. The number of carbonyl (C=O) groups is 2. The summed E-state index contributed by atoms with van der Waals surface area (Å²) in [5, 5.41) is 5.81. The van der Waals surface area contributed by atoms with E-state index in [2.05, 4.69) is 10.6 Å². The Morgan fingerprint density at radius 1 is 1.50 bits per heavy atom. The van der Waals surface area contributed by atoms with Crippen LogP contribution >= 0.6 is 0 Å². The molecule has 0 aliphatic carbocycles. The first-order valence-corrected chi connectivity index (χ1v) is 6.61. The third-order valence-corrected chi connectivity index (χ3v) is 3.14. The van der Waals surface area contributed by atoms with Crippen molar-refractivity contribution < 1.29 is 14.3 Å². The molecule has 108 valence electrons. The summed E-state index contributed by atoms with van der Waals surface area (Å²) < 4.78 is 4.90. The summed E-state index contributed by atoms with van der Waals surface area (Å²) in [5.41, 5.74) is 1.40. The molecule has 2 rings (SSSR count). The fraction of sp³-hybridized carbons (Fsp3) is 0.429. The minimum atomic E-state index is -0.350. The van der Waals surface area contributed by atoms with Crippen molar-refractivity contribution in [2.75, 3.05) is 37.0 Å². The molecule has 1 atom stereocenters. The van der Waals surface area contributed by atoms with Gasteiger partial charge < -0.3 is 15.4 Å². The number of cyclic esters (lactones) is 1. The topological polar surface area (TPSA) is 70.7 Å². The van der Waals surface area contributed by atoms with Crippen LogP contribution in [-0.4, -0.2) is 38.7 Å². The Kier molecular flexibility index (Phi) is 4.57. The van der Waals surface area contributed by atoms with E-state index in [0.717, 1.165) is 5.69 Å². The molecule has 0 spiro atoms. The molecule has 0 radical (unpaired) electrons. The Morgan fingerprint density at radius 3 is 2.95 bits per heavy atom. The first-order valence-electron chi connectivity index (χ1n) is 6.61. The van der Waals surface area contributed by atoms with Gasteiger partial charge in [0.2, 0.25) is 5.91 Å². The summed E-state index contributed by atoms with van der Waals surface area (Å²) in [6.07, 6.45) is -0.350. The minimum absolute atomic E-state index is 0.0551. The summed E-state index contributed by atoms with van der Waals surface area (Å²) in [5.74, 6) is -0.180. The maximum absolute atomic E-state index is 11.9. The van der Waals surface area contributed by atoms with Gasteiger partial charge in [0.25, 0.3) is 0 Å². The van der Waals surface area contributed by atoms with Crippen LogP contribution in [0.3, 0.4) is 0 Å². The van der Waals surface area contributed by atoms with Crippen LogP contribution in [0.15, 0.2) is 24.3 Å².